The Labute approximate surface area is 104 Å². The quantitative estimate of drug-likeness (QED) is 0.449. The van der Waals surface area contributed by atoms with Gasteiger partial charge in [0.05, 0.1) is 5.46 Å². The largest absolute Gasteiger partial charge is 0.639 e. The Hall–Kier alpha value is -2.25. The number of rotatable bonds is 1. The summed E-state index contributed by atoms with van der Waals surface area (Å²) in [6.45, 7) is 0. The Balaban J connectivity index is 2.06. The highest BCUT2D eigenvalue weighted by molar-refractivity contribution is 6.63. The van der Waals surface area contributed by atoms with E-state index in [-0.39, 0.29) is 11.5 Å². The van der Waals surface area contributed by atoms with E-state index in [1.54, 1.807) is 12.1 Å². The van der Waals surface area contributed by atoms with Crippen molar-refractivity contribution in [2.75, 3.05) is 0 Å². The number of para-hydroxylation sites is 2. The van der Waals surface area contributed by atoms with Crippen molar-refractivity contribution in [2.24, 2.45) is 0 Å². The molecule has 1 aromatic heterocycles. The first-order chi connectivity index (χ1) is 9.08. The molecule has 19 heavy (non-hydrogen) atoms. The molecule has 96 valence electrons. The van der Waals surface area contributed by atoms with E-state index in [2.05, 4.69) is 4.98 Å². The summed E-state index contributed by atoms with van der Waals surface area (Å²) in [5.74, 6) is -6.34. The van der Waals surface area contributed by atoms with Gasteiger partial charge in [-0.25, -0.2) is 8.78 Å². The maximum absolute atomic E-state index is 13.5. The third-order valence-electron chi connectivity index (χ3n) is 2.58. The van der Waals surface area contributed by atoms with Crippen LogP contribution in [0.2, 0.25) is 0 Å². The molecule has 1 aliphatic rings. The molecule has 0 saturated carbocycles. The number of aromatic nitrogens is 1. The van der Waals surface area contributed by atoms with E-state index in [1.807, 2.05) is 0 Å². The second kappa shape index (κ2) is 4.15. The zero-order valence-corrected chi connectivity index (χ0v) is 9.16. The summed E-state index contributed by atoms with van der Waals surface area (Å²) in [5, 5.41) is 0. The van der Waals surface area contributed by atoms with Crippen LogP contribution in [0.15, 0.2) is 24.3 Å². The van der Waals surface area contributed by atoms with Crippen molar-refractivity contribution in [3.05, 3.63) is 47.8 Å². The SMILES string of the molecule is Fc1nc(F)c(F)c(B2Oc3ccccc3O2)c1F. The zero-order chi connectivity index (χ0) is 13.6. The third kappa shape index (κ3) is 1.79. The molecule has 0 atom stereocenters. The number of hydrogen-bond acceptors (Lipinski definition) is 3. The molecule has 2 heterocycles. The van der Waals surface area contributed by atoms with Gasteiger partial charge in [0.2, 0.25) is 0 Å². The Morgan fingerprint density at radius 1 is 0.842 bits per heavy atom. The van der Waals surface area contributed by atoms with Gasteiger partial charge in [0, 0.05) is 0 Å². The molecular weight excluding hydrogens is 265 g/mol. The van der Waals surface area contributed by atoms with Gasteiger partial charge in [0.1, 0.15) is 11.5 Å². The van der Waals surface area contributed by atoms with Crippen LogP contribution < -0.4 is 14.8 Å². The lowest BCUT2D eigenvalue weighted by atomic mass is 9.79. The molecule has 0 unspecified atom stereocenters. The predicted molar refractivity (Wildman–Crippen MR) is 57.2 cm³/mol. The predicted octanol–water partition coefficient (Wildman–Crippen LogP) is 1.80. The summed E-state index contributed by atoms with van der Waals surface area (Å²) in [7, 11) is -1.59. The molecule has 3 nitrogen and oxygen atoms in total. The molecular formula is C11H4BF4NO2. The van der Waals surface area contributed by atoms with E-state index >= 15 is 0 Å². The Morgan fingerprint density at radius 3 is 1.79 bits per heavy atom. The van der Waals surface area contributed by atoms with Gasteiger partial charge in [0.25, 0.3) is 11.9 Å². The highest BCUT2D eigenvalue weighted by Gasteiger charge is 2.41. The smallest absolute Gasteiger partial charge is 0.519 e. The van der Waals surface area contributed by atoms with E-state index in [4.69, 9.17) is 9.31 Å². The molecule has 0 aliphatic carbocycles. The molecule has 0 spiro atoms. The van der Waals surface area contributed by atoms with Crippen molar-refractivity contribution in [1.82, 2.24) is 4.98 Å². The fraction of sp³-hybridized carbons (Fsp3) is 0. The second-order valence-corrected chi connectivity index (χ2v) is 3.75. The first-order valence-corrected chi connectivity index (χ1v) is 5.20. The van der Waals surface area contributed by atoms with Crippen LogP contribution in [0.4, 0.5) is 17.6 Å². The van der Waals surface area contributed by atoms with E-state index in [0.717, 1.165) is 0 Å². The fourth-order valence-electron chi connectivity index (χ4n) is 1.73. The number of benzene rings is 1. The average Bonchev–Trinajstić information content (AvgIpc) is 2.80. The number of halogens is 4. The summed E-state index contributed by atoms with van der Waals surface area (Å²) in [4.78, 5) is 2.46. The van der Waals surface area contributed by atoms with E-state index in [1.165, 1.54) is 12.1 Å². The Kier molecular flexibility index (Phi) is 2.58. The molecule has 1 aromatic carbocycles. The van der Waals surface area contributed by atoms with Crippen LogP contribution in [0.3, 0.4) is 0 Å². The van der Waals surface area contributed by atoms with Gasteiger partial charge in [-0.1, -0.05) is 12.1 Å². The van der Waals surface area contributed by atoms with Crippen molar-refractivity contribution in [1.29, 1.82) is 0 Å². The number of fused-ring (bicyclic) bond motifs is 1. The number of pyridine rings is 1. The Bertz CT molecular complexity index is 616. The van der Waals surface area contributed by atoms with Crippen molar-refractivity contribution in [2.45, 2.75) is 0 Å². The number of nitrogens with zero attached hydrogens (tertiary/aromatic N) is 1. The van der Waals surface area contributed by atoms with Crippen molar-refractivity contribution in [3.63, 3.8) is 0 Å². The molecule has 0 amide bonds. The van der Waals surface area contributed by atoms with Crippen LogP contribution in [0, 0.1) is 23.5 Å². The average molecular weight is 269 g/mol. The van der Waals surface area contributed by atoms with Crippen molar-refractivity contribution < 1.29 is 26.9 Å². The maximum atomic E-state index is 13.5. The fourth-order valence-corrected chi connectivity index (χ4v) is 1.73. The summed E-state index contributed by atoms with van der Waals surface area (Å²) in [6, 6.07) is 6.23. The molecule has 8 heteroatoms. The van der Waals surface area contributed by atoms with Gasteiger partial charge in [-0.15, -0.1) is 0 Å². The van der Waals surface area contributed by atoms with E-state index in [0.29, 0.717) is 0 Å². The van der Waals surface area contributed by atoms with Crippen LogP contribution >= 0.6 is 0 Å². The lowest BCUT2D eigenvalue weighted by Crippen LogP contribution is -2.44. The number of hydrogen-bond donors (Lipinski definition) is 0. The molecule has 2 aromatic rings. The standard InChI is InChI=1S/C11H4BF4NO2/c13-8-7(9(14)11(16)17-10(8)15)12-18-5-3-1-2-4-6(5)19-12/h1-4H. The van der Waals surface area contributed by atoms with Crippen LogP contribution in [0.5, 0.6) is 11.5 Å². The monoisotopic (exact) mass is 269 g/mol. The molecule has 0 saturated heterocycles. The molecule has 0 fully saturated rings. The van der Waals surface area contributed by atoms with E-state index < -0.39 is 36.1 Å². The second-order valence-electron chi connectivity index (χ2n) is 3.75. The highest BCUT2D eigenvalue weighted by atomic mass is 19.2. The normalized spacial score (nSPS) is 12.9. The van der Waals surface area contributed by atoms with Crippen molar-refractivity contribution in [3.8, 4) is 11.5 Å². The molecule has 1 aliphatic heterocycles. The molecule has 3 rings (SSSR count). The van der Waals surface area contributed by atoms with Gasteiger partial charge >= 0.3 is 7.12 Å². The van der Waals surface area contributed by atoms with Crippen LogP contribution in [-0.4, -0.2) is 12.1 Å². The van der Waals surface area contributed by atoms with Crippen LogP contribution in [0.1, 0.15) is 0 Å². The summed E-state index contributed by atoms with van der Waals surface area (Å²) in [6.07, 6.45) is 0. The van der Waals surface area contributed by atoms with Crippen LogP contribution in [0.25, 0.3) is 0 Å². The topological polar surface area (TPSA) is 31.4 Å². The molecule has 0 bridgehead atoms. The van der Waals surface area contributed by atoms with Crippen LogP contribution in [-0.2, 0) is 0 Å². The van der Waals surface area contributed by atoms with Gasteiger partial charge in [-0.05, 0) is 12.1 Å². The Morgan fingerprint density at radius 2 is 1.32 bits per heavy atom. The molecule has 0 radical (unpaired) electrons. The lowest BCUT2D eigenvalue weighted by molar-refractivity contribution is 0.407. The zero-order valence-electron chi connectivity index (χ0n) is 9.16. The third-order valence-corrected chi connectivity index (χ3v) is 2.58. The minimum absolute atomic E-state index is 0.226. The van der Waals surface area contributed by atoms with Gasteiger partial charge in [-0.3, -0.25) is 0 Å². The van der Waals surface area contributed by atoms with Gasteiger partial charge < -0.3 is 9.31 Å². The van der Waals surface area contributed by atoms with Gasteiger partial charge in [-0.2, -0.15) is 13.8 Å². The van der Waals surface area contributed by atoms with E-state index in [9.17, 15) is 17.6 Å². The minimum Gasteiger partial charge on any atom is -0.519 e. The highest BCUT2D eigenvalue weighted by Crippen LogP contribution is 2.32. The van der Waals surface area contributed by atoms with Crippen molar-refractivity contribution >= 4 is 12.6 Å². The van der Waals surface area contributed by atoms with Gasteiger partial charge in [0.15, 0.2) is 11.6 Å². The minimum atomic E-state index is -1.75. The summed E-state index contributed by atoms with van der Waals surface area (Å²) >= 11 is 0. The summed E-state index contributed by atoms with van der Waals surface area (Å²) < 4.78 is 63.2. The summed E-state index contributed by atoms with van der Waals surface area (Å²) in [5.41, 5.74) is -0.985. The first kappa shape index (κ1) is 11.8. The molecule has 0 N–H and O–H groups in total. The maximum Gasteiger partial charge on any atom is 0.639 e. The first-order valence-electron chi connectivity index (χ1n) is 5.20. The lowest BCUT2D eigenvalue weighted by Gasteiger charge is -2.08.